The lowest BCUT2D eigenvalue weighted by Gasteiger charge is -2.36. The number of likely N-dealkylation sites (N-methyl/N-ethyl adjacent to an activating group) is 1. The number of rotatable bonds is 6. The van der Waals surface area contributed by atoms with Crippen molar-refractivity contribution >= 4 is 11.8 Å². The van der Waals surface area contributed by atoms with Crippen LogP contribution in [0.3, 0.4) is 0 Å². The first-order valence-electron chi connectivity index (χ1n) is 9.42. The third-order valence-corrected chi connectivity index (χ3v) is 5.06. The van der Waals surface area contributed by atoms with Gasteiger partial charge in [-0.15, -0.1) is 0 Å². The van der Waals surface area contributed by atoms with Gasteiger partial charge in [0.1, 0.15) is 0 Å². The topological polar surface area (TPSA) is 56.3 Å². The van der Waals surface area contributed by atoms with Crippen molar-refractivity contribution in [2.45, 2.75) is 38.8 Å². The number of ether oxygens (including phenoxy) is 1. The van der Waals surface area contributed by atoms with Crippen molar-refractivity contribution in [2.75, 3.05) is 66.5 Å². The van der Waals surface area contributed by atoms with Gasteiger partial charge in [0.05, 0.1) is 19.1 Å². The second kappa shape index (κ2) is 9.50. The molecule has 0 saturated carbocycles. The maximum Gasteiger partial charge on any atom is 0.225 e. The Morgan fingerprint density at radius 1 is 1.24 bits per heavy atom. The van der Waals surface area contributed by atoms with Gasteiger partial charge >= 0.3 is 0 Å². The van der Waals surface area contributed by atoms with Gasteiger partial charge < -0.3 is 19.4 Å². The van der Waals surface area contributed by atoms with Crippen molar-refractivity contribution in [3.05, 3.63) is 0 Å². The smallest absolute Gasteiger partial charge is 0.225 e. The summed E-state index contributed by atoms with van der Waals surface area (Å²) < 4.78 is 5.79. The third-order valence-electron chi connectivity index (χ3n) is 5.06. The van der Waals surface area contributed by atoms with Crippen LogP contribution in [0.5, 0.6) is 0 Å². The highest BCUT2D eigenvalue weighted by Crippen LogP contribution is 2.14. The molecule has 2 saturated heterocycles. The van der Waals surface area contributed by atoms with Gasteiger partial charge in [-0.3, -0.25) is 14.5 Å². The molecule has 0 radical (unpaired) electrons. The van der Waals surface area contributed by atoms with Crippen LogP contribution in [0.1, 0.15) is 26.7 Å². The van der Waals surface area contributed by atoms with E-state index in [1.807, 2.05) is 23.9 Å². The SMILES string of the molecule is CC(C)N1CCO[C@@H](CC(=O)N2CCC(=O)N(CCN(C)C)CC2)C1. The van der Waals surface area contributed by atoms with Gasteiger partial charge in [-0.25, -0.2) is 0 Å². The van der Waals surface area contributed by atoms with Gasteiger partial charge in [0, 0.05) is 58.3 Å². The molecule has 0 aromatic rings. The summed E-state index contributed by atoms with van der Waals surface area (Å²) in [5.41, 5.74) is 0. The maximum absolute atomic E-state index is 12.7. The predicted molar refractivity (Wildman–Crippen MR) is 97.4 cm³/mol. The normalized spacial score (nSPS) is 23.4. The molecule has 7 heteroatoms. The molecule has 0 aliphatic carbocycles. The van der Waals surface area contributed by atoms with Crippen molar-refractivity contribution in [3.63, 3.8) is 0 Å². The molecule has 0 aromatic heterocycles. The molecule has 2 aliphatic heterocycles. The standard InChI is InChI=1S/C18H34N4O3/c1-15(2)22-11-12-25-16(14-22)13-18(24)20-6-5-17(23)21(10-9-20)8-7-19(3)4/h15-16H,5-14H2,1-4H3/t16-/m0/s1. The summed E-state index contributed by atoms with van der Waals surface area (Å²) in [6, 6.07) is 0.475. The molecule has 0 N–H and O–H groups in total. The number of morpholine rings is 1. The van der Waals surface area contributed by atoms with Gasteiger partial charge in [-0.1, -0.05) is 0 Å². The van der Waals surface area contributed by atoms with E-state index in [1.165, 1.54) is 0 Å². The van der Waals surface area contributed by atoms with E-state index < -0.39 is 0 Å². The first-order valence-corrected chi connectivity index (χ1v) is 9.42. The second-order valence-corrected chi connectivity index (χ2v) is 7.60. The summed E-state index contributed by atoms with van der Waals surface area (Å²) in [6.45, 7) is 10.1. The molecule has 25 heavy (non-hydrogen) atoms. The Labute approximate surface area is 151 Å². The minimum Gasteiger partial charge on any atom is -0.375 e. The zero-order chi connectivity index (χ0) is 18.4. The molecule has 2 amide bonds. The summed E-state index contributed by atoms with van der Waals surface area (Å²) in [6.07, 6.45) is 0.796. The molecule has 144 valence electrons. The molecular formula is C18H34N4O3. The van der Waals surface area contributed by atoms with Crippen LogP contribution in [-0.2, 0) is 14.3 Å². The lowest BCUT2D eigenvalue weighted by atomic mass is 10.1. The molecule has 2 aliphatic rings. The first kappa shape index (κ1) is 20.1. The second-order valence-electron chi connectivity index (χ2n) is 7.60. The average molecular weight is 354 g/mol. The van der Waals surface area contributed by atoms with E-state index in [0.29, 0.717) is 45.1 Å². The van der Waals surface area contributed by atoms with Crippen LogP contribution >= 0.6 is 0 Å². The van der Waals surface area contributed by atoms with Crippen LogP contribution in [0, 0.1) is 0 Å². The molecule has 0 unspecified atom stereocenters. The van der Waals surface area contributed by atoms with Crippen molar-refractivity contribution in [1.82, 2.24) is 19.6 Å². The fraction of sp³-hybridized carbons (Fsp3) is 0.889. The molecule has 2 fully saturated rings. The summed E-state index contributed by atoms with van der Waals surface area (Å²) in [5.74, 6) is 0.259. The zero-order valence-electron chi connectivity index (χ0n) is 16.2. The van der Waals surface area contributed by atoms with Crippen LogP contribution in [0.2, 0.25) is 0 Å². The fourth-order valence-corrected chi connectivity index (χ4v) is 3.33. The van der Waals surface area contributed by atoms with E-state index in [2.05, 4.69) is 23.6 Å². The monoisotopic (exact) mass is 354 g/mol. The van der Waals surface area contributed by atoms with Gasteiger partial charge in [-0.05, 0) is 27.9 Å². The summed E-state index contributed by atoms with van der Waals surface area (Å²) in [5, 5.41) is 0. The van der Waals surface area contributed by atoms with E-state index in [4.69, 9.17) is 4.74 Å². The summed E-state index contributed by atoms with van der Waals surface area (Å²) in [7, 11) is 4.01. The average Bonchev–Trinajstić information content (AvgIpc) is 2.75. The molecule has 1 atom stereocenters. The summed E-state index contributed by atoms with van der Waals surface area (Å²) >= 11 is 0. The molecule has 2 rings (SSSR count). The Hall–Kier alpha value is -1.18. The molecular weight excluding hydrogens is 320 g/mol. The minimum absolute atomic E-state index is 0.0348. The molecule has 2 heterocycles. The number of nitrogens with zero attached hydrogens (tertiary/aromatic N) is 4. The molecule has 7 nitrogen and oxygen atoms in total. The van der Waals surface area contributed by atoms with E-state index >= 15 is 0 Å². The lowest BCUT2D eigenvalue weighted by Crippen LogP contribution is -2.47. The van der Waals surface area contributed by atoms with Crippen molar-refractivity contribution in [3.8, 4) is 0 Å². The predicted octanol–water partition coefficient (Wildman–Crippen LogP) is 0.108. The lowest BCUT2D eigenvalue weighted by molar-refractivity contribution is -0.136. The van der Waals surface area contributed by atoms with Crippen LogP contribution in [0.15, 0.2) is 0 Å². The highest BCUT2D eigenvalue weighted by atomic mass is 16.5. The Bertz CT molecular complexity index is 456. The number of amides is 2. The summed E-state index contributed by atoms with van der Waals surface area (Å²) in [4.78, 5) is 33.1. The molecule has 0 aromatic carbocycles. The van der Waals surface area contributed by atoms with Crippen molar-refractivity contribution < 1.29 is 14.3 Å². The number of carbonyl (C=O) groups excluding carboxylic acids is 2. The number of hydrogen-bond donors (Lipinski definition) is 0. The third kappa shape index (κ3) is 6.24. The maximum atomic E-state index is 12.7. The van der Waals surface area contributed by atoms with Gasteiger partial charge in [-0.2, -0.15) is 0 Å². The van der Waals surface area contributed by atoms with E-state index in [-0.39, 0.29) is 17.9 Å². The van der Waals surface area contributed by atoms with Crippen LogP contribution in [0.4, 0.5) is 0 Å². The zero-order valence-corrected chi connectivity index (χ0v) is 16.2. The van der Waals surface area contributed by atoms with E-state index in [0.717, 1.165) is 26.2 Å². The van der Waals surface area contributed by atoms with Crippen LogP contribution in [-0.4, -0.2) is 110 Å². The van der Waals surface area contributed by atoms with Gasteiger partial charge in [0.25, 0.3) is 0 Å². The van der Waals surface area contributed by atoms with E-state index in [1.54, 1.807) is 0 Å². The van der Waals surface area contributed by atoms with Crippen molar-refractivity contribution in [1.29, 1.82) is 0 Å². The molecule has 0 spiro atoms. The van der Waals surface area contributed by atoms with Crippen molar-refractivity contribution in [2.24, 2.45) is 0 Å². The first-order chi connectivity index (χ1) is 11.9. The quantitative estimate of drug-likeness (QED) is 0.678. The highest BCUT2D eigenvalue weighted by Gasteiger charge is 2.28. The number of hydrogen-bond acceptors (Lipinski definition) is 5. The number of carbonyl (C=O) groups is 2. The highest BCUT2D eigenvalue weighted by molar-refractivity contribution is 5.80. The molecule has 0 bridgehead atoms. The Morgan fingerprint density at radius 3 is 2.68 bits per heavy atom. The minimum atomic E-state index is -0.0348. The Morgan fingerprint density at radius 2 is 2.00 bits per heavy atom. The van der Waals surface area contributed by atoms with Crippen LogP contribution in [0.25, 0.3) is 0 Å². The largest absolute Gasteiger partial charge is 0.375 e. The Balaban J connectivity index is 1.82. The van der Waals surface area contributed by atoms with E-state index in [9.17, 15) is 9.59 Å². The fourth-order valence-electron chi connectivity index (χ4n) is 3.33. The Kier molecular flexibility index (Phi) is 7.65. The van der Waals surface area contributed by atoms with Crippen LogP contribution < -0.4 is 0 Å². The van der Waals surface area contributed by atoms with Gasteiger partial charge in [0.2, 0.25) is 11.8 Å². The van der Waals surface area contributed by atoms with Gasteiger partial charge in [0.15, 0.2) is 0 Å².